The molecular formula is C20H20O2. The lowest BCUT2D eigenvalue weighted by atomic mass is 9.73. The standard InChI is InChI=1S/C17H14O.C3H6O/c18-11-9-16-14-7-3-1-5-12(14)13-6-2-4-8-15(13)17(16)10-11;1-3(2)4/h1-8,16-17H,9-10H2;1-2H3/t16-,17?;/m1./s1. The summed E-state index contributed by atoms with van der Waals surface area (Å²) in [5, 5.41) is 0. The molecule has 2 aromatic carbocycles. The van der Waals surface area contributed by atoms with E-state index in [0.29, 0.717) is 17.6 Å². The lowest BCUT2D eigenvalue weighted by molar-refractivity contribution is -0.117. The Morgan fingerprint density at radius 2 is 1.18 bits per heavy atom. The van der Waals surface area contributed by atoms with Crippen molar-refractivity contribution in [3.63, 3.8) is 0 Å². The molecule has 0 aromatic heterocycles. The van der Waals surface area contributed by atoms with Crippen molar-refractivity contribution in [2.24, 2.45) is 0 Å². The summed E-state index contributed by atoms with van der Waals surface area (Å²) in [7, 11) is 0. The molecule has 0 saturated heterocycles. The third-order valence-corrected chi connectivity index (χ3v) is 4.39. The molecule has 0 radical (unpaired) electrons. The minimum atomic E-state index is 0.167. The summed E-state index contributed by atoms with van der Waals surface area (Å²) in [5.41, 5.74) is 5.38. The van der Waals surface area contributed by atoms with E-state index in [0.717, 1.165) is 12.8 Å². The van der Waals surface area contributed by atoms with Gasteiger partial charge in [-0.3, -0.25) is 4.79 Å². The third-order valence-electron chi connectivity index (χ3n) is 4.39. The van der Waals surface area contributed by atoms with E-state index < -0.39 is 0 Å². The Hall–Kier alpha value is -2.22. The minimum absolute atomic E-state index is 0.167. The van der Waals surface area contributed by atoms with Gasteiger partial charge in [0.25, 0.3) is 0 Å². The van der Waals surface area contributed by atoms with Crippen LogP contribution in [0.4, 0.5) is 0 Å². The van der Waals surface area contributed by atoms with Crippen LogP contribution in [0.1, 0.15) is 49.7 Å². The first-order valence-corrected chi connectivity index (χ1v) is 7.75. The molecule has 112 valence electrons. The predicted molar refractivity (Wildman–Crippen MR) is 88.0 cm³/mol. The summed E-state index contributed by atoms with van der Waals surface area (Å²) in [6.07, 6.45) is 1.44. The summed E-state index contributed by atoms with van der Waals surface area (Å²) in [6.45, 7) is 3.06. The monoisotopic (exact) mass is 292 g/mol. The molecule has 2 atom stereocenters. The maximum Gasteiger partial charge on any atom is 0.134 e. The largest absolute Gasteiger partial charge is 0.300 e. The molecule has 0 bridgehead atoms. The number of hydrogen-bond acceptors (Lipinski definition) is 2. The fourth-order valence-corrected chi connectivity index (χ4v) is 3.64. The van der Waals surface area contributed by atoms with Crippen LogP contribution in [0, 0.1) is 0 Å². The fraction of sp³-hybridized carbons (Fsp3) is 0.300. The molecule has 2 aromatic rings. The molecule has 0 heterocycles. The van der Waals surface area contributed by atoms with Gasteiger partial charge in [-0.2, -0.15) is 0 Å². The van der Waals surface area contributed by atoms with Gasteiger partial charge in [-0.25, -0.2) is 0 Å². The zero-order valence-corrected chi connectivity index (χ0v) is 13.0. The number of carbonyl (C=O) groups is 2. The normalized spacial score (nSPS) is 21.1. The second-order valence-corrected chi connectivity index (χ2v) is 6.24. The van der Waals surface area contributed by atoms with Crippen molar-refractivity contribution in [1.82, 2.24) is 0 Å². The Morgan fingerprint density at radius 3 is 1.59 bits per heavy atom. The van der Waals surface area contributed by atoms with Gasteiger partial charge in [0.2, 0.25) is 0 Å². The van der Waals surface area contributed by atoms with Gasteiger partial charge < -0.3 is 4.79 Å². The Bertz CT molecular complexity index is 670. The van der Waals surface area contributed by atoms with Crippen molar-refractivity contribution in [3.8, 4) is 11.1 Å². The van der Waals surface area contributed by atoms with Gasteiger partial charge in [0, 0.05) is 12.8 Å². The molecule has 2 heteroatoms. The number of rotatable bonds is 0. The second-order valence-electron chi connectivity index (χ2n) is 6.24. The Morgan fingerprint density at radius 1 is 0.818 bits per heavy atom. The molecule has 1 unspecified atom stereocenters. The van der Waals surface area contributed by atoms with Crippen LogP contribution in [-0.2, 0) is 9.59 Å². The molecule has 2 aliphatic rings. The molecule has 0 N–H and O–H groups in total. The number of fused-ring (bicyclic) bond motifs is 6. The predicted octanol–water partition coefficient (Wildman–Crippen LogP) is 4.49. The molecule has 4 rings (SSSR count). The molecule has 0 amide bonds. The van der Waals surface area contributed by atoms with E-state index in [1.807, 2.05) is 0 Å². The summed E-state index contributed by atoms with van der Waals surface area (Å²) in [4.78, 5) is 21.3. The van der Waals surface area contributed by atoms with Gasteiger partial charge in [0.15, 0.2) is 0 Å². The first-order chi connectivity index (χ1) is 10.6. The first kappa shape index (κ1) is 14.7. The van der Waals surface area contributed by atoms with Crippen LogP contribution in [-0.4, -0.2) is 11.6 Å². The van der Waals surface area contributed by atoms with Crippen LogP contribution >= 0.6 is 0 Å². The van der Waals surface area contributed by atoms with Gasteiger partial charge in [-0.05, 0) is 47.9 Å². The third kappa shape index (κ3) is 2.61. The topological polar surface area (TPSA) is 34.1 Å². The van der Waals surface area contributed by atoms with Crippen molar-refractivity contribution >= 4 is 11.6 Å². The van der Waals surface area contributed by atoms with Crippen molar-refractivity contribution in [3.05, 3.63) is 59.7 Å². The maximum atomic E-state index is 11.8. The molecular weight excluding hydrogens is 272 g/mol. The summed E-state index contributed by atoms with van der Waals surface area (Å²) >= 11 is 0. The highest BCUT2D eigenvalue weighted by Crippen LogP contribution is 2.53. The summed E-state index contributed by atoms with van der Waals surface area (Å²) in [5.74, 6) is 1.39. The van der Waals surface area contributed by atoms with E-state index in [4.69, 9.17) is 0 Å². The van der Waals surface area contributed by atoms with E-state index in [-0.39, 0.29) is 5.78 Å². The van der Waals surface area contributed by atoms with Gasteiger partial charge in [-0.15, -0.1) is 0 Å². The molecule has 1 saturated carbocycles. The summed E-state index contributed by atoms with van der Waals surface area (Å²) < 4.78 is 0. The van der Waals surface area contributed by atoms with Crippen molar-refractivity contribution in [1.29, 1.82) is 0 Å². The average Bonchev–Trinajstić information content (AvgIpc) is 2.89. The molecule has 2 aliphatic carbocycles. The smallest absolute Gasteiger partial charge is 0.134 e. The van der Waals surface area contributed by atoms with Crippen LogP contribution in [0.15, 0.2) is 48.5 Å². The minimum Gasteiger partial charge on any atom is -0.300 e. The highest BCUT2D eigenvalue weighted by molar-refractivity contribution is 5.87. The van der Waals surface area contributed by atoms with Gasteiger partial charge in [0.05, 0.1) is 0 Å². The van der Waals surface area contributed by atoms with E-state index >= 15 is 0 Å². The van der Waals surface area contributed by atoms with Crippen LogP contribution in [0.5, 0.6) is 0 Å². The van der Waals surface area contributed by atoms with E-state index in [1.54, 1.807) is 0 Å². The van der Waals surface area contributed by atoms with Crippen LogP contribution in [0.3, 0.4) is 0 Å². The SMILES string of the molecule is CC(C)=O.O=C1CC2c3ccccc3-c3ccccc3[C@H]2C1. The fourth-order valence-electron chi connectivity index (χ4n) is 3.64. The number of carbonyl (C=O) groups excluding carboxylic acids is 2. The second kappa shape index (κ2) is 5.88. The Kier molecular flexibility index (Phi) is 3.93. The lowest BCUT2D eigenvalue weighted by Gasteiger charge is -2.30. The zero-order valence-electron chi connectivity index (χ0n) is 13.0. The highest BCUT2D eigenvalue weighted by atomic mass is 16.1. The molecule has 2 nitrogen and oxygen atoms in total. The van der Waals surface area contributed by atoms with Crippen molar-refractivity contribution in [2.75, 3.05) is 0 Å². The lowest BCUT2D eigenvalue weighted by Crippen LogP contribution is -2.12. The number of benzene rings is 2. The number of Topliss-reactive ketones (excluding diaryl/α,β-unsaturated/α-hetero) is 2. The zero-order chi connectivity index (χ0) is 15.7. The van der Waals surface area contributed by atoms with Gasteiger partial charge in [-0.1, -0.05) is 48.5 Å². The number of ketones is 2. The first-order valence-electron chi connectivity index (χ1n) is 7.75. The van der Waals surface area contributed by atoms with E-state index in [2.05, 4.69) is 48.5 Å². The van der Waals surface area contributed by atoms with Crippen LogP contribution < -0.4 is 0 Å². The molecule has 22 heavy (non-hydrogen) atoms. The van der Waals surface area contributed by atoms with Crippen LogP contribution in [0.2, 0.25) is 0 Å². The van der Waals surface area contributed by atoms with E-state index in [9.17, 15) is 9.59 Å². The van der Waals surface area contributed by atoms with Crippen molar-refractivity contribution in [2.45, 2.75) is 38.5 Å². The highest BCUT2D eigenvalue weighted by Gasteiger charge is 2.40. The van der Waals surface area contributed by atoms with Gasteiger partial charge in [0.1, 0.15) is 11.6 Å². The average molecular weight is 292 g/mol. The van der Waals surface area contributed by atoms with Crippen LogP contribution in [0.25, 0.3) is 11.1 Å². The maximum absolute atomic E-state index is 11.8. The molecule has 0 aliphatic heterocycles. The van der Waals surface area contributed by atoms with Gasteiger partial charge >= 0.3 is 0 Å². The Balaban J connectivity index is 0.000000325. The van der Waals surface area contributed by atoms with E-state index in [1.165, 1.54) is 36.1 Å². The van der Waals surface area contributed by atoms with Crippen molar-refractivity contribution < 1.29 is 9.59 Å². The quantitative estimate of drug-likeness (QED) is 0.716. The Labute approximate surface area is 131 Å². The molecule has 0 spiro atoms. The molecule has 1 fully saturated rings. The summed E-state index contributed by atoms with van der Waals surface area (Å²) in [6, 6.07) is 17.1. The number of hydrogen-bond donors (Lipinski definition) is 0.